The predicted molar refractivity (Wildman–Crippen MR) is 59.5 cm³/mol. The molecule has 0 aromatic carbocycles. The van der Waals surface area contributed by atoms with E-state index in [1.165, 1.54) is 6.42 Å². The van der Waals surface area contributed by atoms with E-state index in [0.717, 1.165) is 37.2 Å². The van der Waals surface area contributed by atoms with Crippen molar-refractivity contribution >= 4 is 36.2 Å². The van der Waals surface area contributed by atoms with Gasteiger partial charge in [-0.3, -0.25) is 4.79 Å². The molecule has 1 amide bonds. The molecule has 0 N–H and O–H groups in total. The number of hydrogen-bond acceptors (Lipinski definition) is 4. The van der Waals surface area contributed by atoms with Gasteiger partial charge >= 0.3 is 0 Å². The smallest absolute Gasteiger partial charge is 0.210 e. The standard InChI is InChI=1S/C9H13NO2S2/c11-5-8-4-9(6-10(8)7-12)13-2-1-3-14-9/h5,7-8H,1-4,6H2/t8-/m0/s1. The second-order valence-corrected chi connectivity index (χ2v) is 6.86. The van der Waals surface area contributed by atoms with E-state index in [0.29, 0.717) is 0 Å². The lowest BCUT2D eigenvalue weighted by Gasteiger charge is -2.31. The Balaban J connectivity index is 2.08. The van der Waals surface area contributed by atoms with E-state index in [9.17, 15) is 9.59 Å². The quantitative estimate of drug-likeness (QED) is 0.664. The van der Waals surface area contributed by atoms with E-state index in [4.69, 9.17) is 0 Å². The molecule has 0 bridgehead atoms. The van der Waals surface area contributed by atoms with Gasteiger partial charge < -0.3 is 9.69 Å². The van der Waals surface area contributed by atoms with E-state index in [2.05, 4.69) is 0 Å². The van der Waals surface area contributed by atoms with Crippen LogP contribution in [0.4, 0.5) is 0 Å². The fourth-order valence-electron chi connectivity index (χ4n) is 1.96. The Bertz CT molecular complexity index is 223. The Morgan fingerprint density at radius 1 is 1.29 bits per heavy atom. The molecule has 5 heteroatoms. The molecule has 2 rings (SSSR count). The second-order valence-electron chi connectivity index (χ2n) is 3.65. The summed E-state index contributed by atoms with van der Waals surface area (Å²) >= 11 is 3.83. The van der Waals surface area contributed by atoms with Gasteiger partial charge in [0.25, 0.3) is 0 Å². The van der Waals surface area contributed by atoms with Gasteiger partial charge in [0.2, 0.25) is 6.41 Å². The highest BCUT2D eigenvalue weighted by molar-refractivity contribution is 8.18. The van der Waals surface area contributed by atoms with Crippen molar-refractivity contribution in [2.45, 2.75) is 23.0 Å². The number of likely N-dealkylation sites (tertiary alicyclic amines) is 1. The average molecular weight is 231 g/mol. The summed E-state index contributed by atoms with van der Waals surface area (Å²) in [6.45, 7) is 0.731. The summed E-state index contributed by atoms with van der Waals surface area (Å²) in [5.74, 6) is 2.32. The van der Waals surface area contributed by atoms with Gasteiger partial charge in [0.05, 0.1) is 10.1 Å². The third kappa shape index (κ3) is 1.80. The lowest BCUT2D eigenvalue weighted by molar-refractivity contribution is -0.123. The Morgan fingerprint density at radius 3 is 2.50 bits per heavy atom. The van der Waals surface area contributed by atoms with Crippen molar-refractivity contribution in [2.75, 3.05) is 18.1 Å². The van der Waals surface area contributed by atoms with Crippen LogP contribution in [0.3, 0.4) is 0 Å². The first-order chi connectivity index (χ1) is 6.79. The van der Waals surface area contributed by atoms with Gasteiger partial charge in [-0.1, -0.05) is 0 Å². The summed E-state index contributed by atoms with van der Waals surface area (Å²) in [4.78, 5) is 23.2. The van der Waals surface area contributed by atoms with Crippen LogP contribution in [0, 0.1) is 0 Å². The van der Waals surface area contributed by atoms with Crippen molar-refractivity contribution in [3.63, 3.8) is 0 Å². The molecule has 0 radical (unpaired) electrons. The van der Waals surface area contributed by atoms with Gasteiger partial charge in [0.15, 0.2) is 0 Å². The number of aldehydes is 1. The third-order valence-corrected chi connectivity index (χ3v) is 6.02. The van der Waals surface area contributed by atoms with Crippen LogP contribution >= 0.6 is 23.5 Å². The monoisotopic (exact) mass is 231 g/mol. The molecule has 3 nitrogen and oxygen atoms in total. The summed E-state index contributed by atoms with van der Waals surface area (Å²) in [5.41, 5.74) is 0. The van der Waals surface area contributed by atoms with Crippen LogP contribution in [-0.4, -0.2) is 45.8 Å². The van der Waals surface area contributed by atoms with Crippen LogP contribution in [-0.2, 0) is 9.59 Å². The topological polar surface area (TPSA) is 37.4 Å². The Morgan fingerprint density at radius 2 is 2.00 bits per heavy atom. The maximum Gasteiger partial charge on any atom is 0.210 e. The normalized spacial score (nSPS) is 30.6. The van der Waals surface area contributed by atoms with Gasteiger partial charge in [-0.25, -0.2) is 0 Å². The first-order valence-corrected chi connectivity index (χ1v) is 6.71. The molecule has 0 aliphatic carbocycles. The minimum atomic E-state index is -0.189. The molecule has 0 aromatic rings. The number of carbonyl (C=O) groups excluding carboxylic acids is 2. The van der Waals surface area contributed by atoms with Gasteiger partial charge in [0, 0.05) is 13.0 Å². The summed E-state index contributed by atoms with van der Waals surface area (Å²) in [6.07, 6.45) is 3.77. The number of hydrogen-bond donors (Lipinski definition) is 0. The number of nitrogens with zero attached hydrogens (tertiary/aromatic N) is 1. The number of amides is 1. The molecular formula is C9H13NO2S2. The van der Waals surface area contributed by atoms with Gasteiger partial charge in [-0.05, 0) is 17.9 Å². The number of carbonyl (C=O) groups is 2. The lowest BCUT2D eigenvalue weighted by atomic mass is 10.2. The molecule has 0 saturated carbocycles. The highest BCUT2D eigenvalue weighted by Crippen LogP contribution is 2.49. The maximum atomic E-state index is 10.8. The summed E-state index contributed by atoms with van der Waals surface area (Å²) in [7, 11) is 0. The zero-order valence-electron chi connectivity index (χ0n) is 7.85. The molecule has 2 saturated heterocycles. The van der Waals surface area contributed by atoms with Crippen LogP contribution < -0.4 is 0 Å². The molecule has 78 valence electrons. The van der Waals surface area contributed by atoms with E-state index in [-0.39, 0.29) is 10.1 Å². The summed E-state index contributed by atoms with van der Waals surface area (Å²) in [5, 5.41) is 0. The fourth-order valence-corrected chi connectivity index (χ4v) is 5.36. The van der Waals surface area contributed by atoms with E-state index in [1.54, 1.807) is 4.90 Å². The number of thioether (sulfide) groups is 2. The average Bonchev–Trinajstić information content (AvgIpc) is 2.57. The molecule has 2 aliphatic heterocycles. The molecule has 1 atom stereocenters. The van der Waals surface area contributed by atoms with Crippen molar-refractivity contribution in [2.24, 2.45) is 0 Å². The molecule has 2 fully saturated rings. The SMILES string of the molecule is O=C[C@@H]1CC2(CN1C=O)SCCCS2. The van der Waals surface area contributed by atoms with Crippen molar-refractivity contribution in [3.05, 3.63) is 0 Å². The highest BCUT2D eigenvalue weighted by atomic mass is 32.2. The van der Waals surface area contributed by atoms with Crippen molar-refractivity contribution in [1.82, 2.24) is 4.90 Å². The van der Waals surface area contributed by atoms with Gasteiger partial charge in [0.1, 0.15) is 6.29 Å². The first-order valence-electron chi connectivity index (χ1n) is 4.74. The van der Waals surface area contributed by atoms with Crippen LogP contribution in [0.2, 0.25) is 0 Å². The van der Waals surface area contributed by atoms with E-state index in [1.807, 2.05) is 23.5 Å². The van der Waals surface area contributed by atoms with E-state index < -0.39 is 0 Å². The van der Waals surface area contributed by atoms with Crippen molar-refractivity contribution in [3.8, 4) is 0 Å². The Kier molecular flexibility index (Phi) is 3.07. The highest BCUT2D eigenvalue weighted by Gasteiger charge is 2.45. The van der Waals surface area contributed by atoms with Crippen LogP contribution in [0.5, 0.6) is 0 Å². The molecule has 0 aromatic heterocycles. The molecule has 1 spiro atoms. The molecule has 2 aliphatic rings. The van der Waals surface area contributed by atoms with Crippen LogP contribution in [0.1, 0.15) is 12.8 Å². The molecule has 14 heavy (non-hydrogen) atoms. The Hall–Kier alpha value is -0.160. The largest absolute Gasteiger partial charge is 0.333 e. The van der Waals surface area contributed by atoms with Crippen molar-refractivity contribution in [1.29, 1.82) is 0 Å². The van der Waals surface area contributed by atoms with Gasteiger partial charge in [-0.15, -0.1) is 23.5 Å². The Labute approximate surface area is 92.0 Å². The molecular weight excluding hydrogens is 218 g/mol. The molecule has 2 heterocycles. The van der Waals surface area contributed by atoms with Crippen LogP contribution in [0.25, 0.3) is 0 Å². The zero-order chi connectivity index (χ0) is 10.0. The maximum absolute atomic E-state index is 10.8. The predicted octanol–water partition coefficient (Wildman–Crippen LogP) is 0.982. The zero-order valence-corrected chi connectivity index (χ0v) is 9.48. The van der Waals surface area contributed by atoms with E-state index >= 15 is 0 Å². The minimum absolute atomic E-state index is 0.116. The fraction of sp³-hybridized carbons (Fsp3) is 0.778. The molecule has 0 unspecified atom stereocenters. The first kappa shape index (κ1) is 10.4. The van der Waals surface area contributed by atoms with Gasteiger partial charge in [-0.2, -0.15) is 0 Å². The minimum Gasteiger partial charge on any atom is -0.333 e. The van der Waals surface area contributed by atoms with Crippen LogP contribution in [0.15, 0.2) is 0 Å². The summed E-state index contributed by atoms with van der Waals surface area (Å²) < 4.78 is 0.116. The third-order valence-electron chi connectivity index (χ3n) is 2.68. The lowest BCUT2D eigenvalue weighted by Crippen LogP contribution is -2.31. The summed E-state index contributed by atoms with van der Waals surface area (Å²) in [6, 6.07) is -0.189. The van der Waals surface area contributed by atoms with Crippen molar-refractivity contribution < 1.29 is 9.59 Å². The number of rotatable bonds is 2. The second kappa shape index (κ2) is 4.14.